The van der Waals surface area contributed by atoms with Crippen molar-refractivity contribution in [1.82, 2.24) is 19.8 Å². The Kier molecular flexibility index (Phi) is 5.61. The largest absolute Gasteiger partial charge is 0.493 e. The number of methoxy groups -OCH3 is 2. The standard InChI is InChI=1S/C22H19N5O5S/c1-29-16-7-4-14(10-18(16)30-2)23-21(28)11-33-22-25-24-20-8-5-15(26-27(20)22)13-3-6-17-19(9-13)32-12-31-17/h3-10H,11-12H2,1-2H3,(H,23,28). The minimum absolute atomic E-state index is 0.130. The highest BCUT2D eigenvalue weighted by atomic mass is 32.2. The highest BCUT2D eigenvalue weighted by Gasteiger charge is 2.16. The molecule has 0 fully saturated rings. The Morgan fingerprint density at radius 1 is 1.03 bits per heavy atom. The number of amides is 1. The van der Waals surface area contributed by atoms with E-state index in [1.165, 1.54) is 11.8 Å². The summed E-state index contributed by atoms with van der Waals surface area (Å²) in [7, 11) is 3.10. The van der Waals surface area contributed by atoms with Crippen molar-refractivity contribution in [3.63, 3.8) is 0 Å². The fourth-order valence-electron chi connectivity index (χ4n) is 3.31. The summed E-state index contributed by atoms with van der Waals surface area (Å²) in [5.74, 6) is 2.44. The van der Waals surface area contributed by atoms with E-state index in [9.17, 15) is 4.79 Å². The number of fused-ring (bicyclic) bond motifs is 2. The van der Waals surface area contributed by atoms with Gasteiger partial charge in [0.15, 0.2) is 28.6 Å². The second kappa shape index (κ2) is 8.87. The molecule has 0 saturated carbocycles. The molecule has 0 radical (unpaired) electrons. The van der Waals surface area contributed by atoms with Crippen LogP contribution in [0.1, 0.15) is 0 Å². The maximum atomic E-state index is 12.5. The molecule has 168 valence electrons. The van der Waals surface area contributed by atoms with E-state index < -0.39 is 0 Å². The van der Waals surface area contributed by atoms with Crippen LogP contribution in [0, 0.1) is 0 Å². The third-order valence-electron chi connectivity index (χ3n) is 4.90. The molecule has 2 aromatic heterocycles. The minimum Gasteiger partial charge on any atom is -0.493 e. The lowest BCUT2D eigenvalue weighted by Crippen LogP contribution is -2.14. The van der Waals surface area contributed by atoms with Gasteiger partial charge in [0, 0.05) is 17.3 Å². The van der Waals surface area contributed by atoms with Crippen molar-refractivity contribution in [2.24, 2.45) is 0 Å². The normalized spacial score (nSPS) is 12.1. The topological polar surface area (TPSA) is 109 Å². The molecule has 4 aromatic rings. The Morgan fingerprint density at radius 3 is 2.73 bits per heavy atom. The van der Waals surface area contributed by atoms with Crippen LogP contribution in [0.4, 0.5) is 5.69 Å². The Balaban J connectivity index is 1.30. The summed E-state index contributed by atoms with van der Waals surface area (Å²) < 4.78 is 22.9. The lowest BCUT2D eigenvalue weighted by atomic mass is 10.1. The molecule has 0 unspecified atom stereocenters. The fourth-order valence-corrected chi connectivity index (χ4v) is 4.00. The van der Waals surface area contributed by atoms with Gasteiger partial charge >= 0.3 is 0 Å². The maximum absolute atomic E-state index is 12.5. The number of hydrogen-bond donors (Lipinski definition) is 1. The van der Waals surface area contributed by atoms with Gasteiger partial charge in [-0.15, -0.1) is 10.2 Å². The number of aromatic nitrogens is 4. The molecule has 0 bridgehead atoms. The van der Waals surface area contributed by atoms with Gasteiger partial charge in [-0.1, -0.05) is 11.8 Å². The highest BCUT2D eigenvalue weighted by Crippen LogP contribution is 2.35. The van der Waals surface area contributed by atoms with Crippen LogP contribution in [0.25, 0.3) is 16.9 Å². The Labute approximate surface area is 192 Å². The molecule has 0 aliphatic carbocycles. The van der Waals surface area contributed by atoms with E-state index in [1.807, 2.05) is 30.3 Å². The van der Waals surface area contributed by atoms with Crippen molar-refractivity contribution in [3.8, 4) is 34.3 Å². The molecule has 1 N–H and O–H groups in total. The van der Waals surface area contributed by atoms with Gasteiger partial charge in [-0.25, -0.2) is 0 Å². The number of carbonyl (C=O) groups excluding carboxylic acids is 1. The second-order valence-corrected chi connectivity index (χ2v) is 7.89. The first-order valence-corrected chi connectivity index (χ1v) is 10.9. The van der Waals surface area contributed by atoms with Crippen LogP contribution in [-0.4, -0.2) is 52.5 Å². The Hall–Kier alpha value is -3.99. The quantitative estimate of drug-likeness (QED) is 0.411. The number of nitrogens with zero attached hydrogens (tertiary/aromatic N) is 4. The van der Waals surface area contributed by atoms with Gasteiger partial charge in [0.05, 0.1) is 25.7 Å². The molecule has 1 aliphatic rings. The van der Waals surface area contributed by atoms with Crippen LogP contribution in [-0.2, 0) is 4.79 Å². The van der Waals surface area contributed by atoms with Gasteiger partial charge in [0.2, 0.25) is 17.9 Å². The van der Waals surface area contributed by atoms with Gasteiger partial charge in [-0.05, 0) is 42.5 Å². The van der Waals surface area contributed by atoms with Gasteiger partial charge < -0.3 is 24.3 Å². The SMILES string of the molecule is COc1ccc(NC(=O)CSc2nnc3ccc(-c4ccc5c(c4)OCO5)nn23)cc1OC. The van der Waals surface area contributed by atoms with E-state index in [0.29, 0.717) is 39.5 Å². The molecule has 5 rings (SSSR count). The molecule has 10 nitrogen and oxygen atoms in total. The summed E-state index contributed by atoms with van der Waals surface area (Å²) in [6.45, 7) is 0.211. The van der Waals surface area contributed by atoms with Crippen LogP contribution in [0.15, 0.2) is 53.7 Å². The van der Waals surface area contributed by atoms with Crippen LogP contribution in [0.5, 0.6) is 23.0 Å². The number of nitrogens with one attached hydrogen (secondary N) is 1. The van der Waals surface area contributed by atoms with E-state index >= 15 is 0 Å². The van der Waals surface area contributed by atoms with Gasteiger partial charge in [-0.2, -0.15) is 9.61 Å². The van der Waals surface area contributed by atoms with Gasteiger partial charge in [0.25, 0.3) is 0 Å². The summed E-state index contributed by atoms with van der Waals surface area (Å²) in [6.07, 6.45) is 0. The van der Waals surface area contributed by atoms with Crippen molar-refractivity contribution in [2.45, 2.75) is 5.16 Å². The number of rotatable bonds is 7. The third-order valence-corrected chi connectivity index (χ3v) is 5.82. The lowest BCUT2D eigenvalue weighted by Gasteiger charge is -2.10. The fraction of sp³-hybridized carbons (Fsp3) is 0.182. The Bertz CT molecular complexity index is 1340. The van der Waals surface area contributed by atoms with Crippen molar-refractivity contribution < 1.29 is 23.7 Å². The van der Waals surface area contributed by atoms with E-state index in [2.05, 4.69) is 20.6 Å². The molecule has 3 heterocycles. The number of hydrogen-bond acceptors (Lipinski definition) is 9. The molecular formula is C22H19N5O5S. The zero-order valence-corrected chi connectivity index (χ0v) is 18.6. The van der Waals surface area contributed by atoms with E-state index in [0.717, 1.165) is 11.3 Å². The molecule has 1 amide bonds. The molecule has 1 aliphatic heterocycles. The summed E-state index contributed by atoms with van der Waals surface area (Å²) >= 11 is 1.24. The summed E-state index contributed by atoms with van der Waals surface area (Å²) in [5, 5.41) is 16.3. The zero-order chi connectivity index (χ0) is 22.8. The monoisotopic (exact) mass is 465 g/mol. The summed E-state index contributed by atoms with van der Waals surface area (Å²) in [5.41, 5.74) is 2.78. The number of thioether (sulfide) groups is 1. The second-order valence-electron chi connectivity index (χ2n) is 6.95. The molecule has 33 heavy (non-hydrogen) atoms. The predicted molar refractivity (Wildman–Crippen MR) is 121 cm³/mol. The molecule has 0 saturated heterocycles. The number of carbonyl (C=O) groups is 1. The molecule has 2 aromatic carbocycles. The van der Waals surface area contributed by atoms with Crippen molar-refractivity contribution in [2.75, 3.05) is 32.1 Å². The van der Waals surface area contributed by atoms with Crippen LogP contribution < -0.4 is 24.3 Å². The smallest absolute Gasteiger partial charge is 0.234 e. The minimum atomic E-state index is -0.198. The van der Waals surface area contributed by atoms with Gasteiger partial charge in [0.1, 0.15) is 0 Å². The first-order valence-electron chi connectivity index (χ1n) is 9.92. The predicted octanol–water partition coefficient (Wildman–Crippen LogP) is 3.27. The molecular weight excluding hydrogens is 446 g/mol. The number of ether oxygens (including phenoxy) is 4. The highest BCUT2D eigenvalue weighted by molar-refractivity contribution is 7.99. The molecule has 0 atom stereocenters. The number of anilines is 1. The van der Waals surface area contributed by atoms with Crippen LogP contribution >= 0.6 is 11.8 Å². The Morgan fingerprint density at radius 2 is 1.88 bits per heavy atom. The third kappa shape index (κ3) is 4.22. The van der Waals surface area contributed by atoms with Crippen molar-refractivity contribution in [1.29, 1.82) is 0 Å². The van der Waals surface area contributed by atoms with E-state index in [-0.39, 0.29) is 18.5 Å². The van der Waals surface area contributed by atoms with E-state index in [1.54, 1.807) is 36.9 Å². The first-order chi connectivity index (χ1) is 16.1. The summed E-state index contributed by atoms with van der Waals surface area (Å²) in [6, 6.07) is 14.5. The van der Waals surface area contributed by atoms with E-state index in [4.69, 9.17) is 18.9 Å². The lowest BCUT2D eigenvalue weighted by molar-refractivity contribution is -0.113. The number of benzene rings is 2. The summed E-state index contributed by atoms with van der Waals surface area (Å²) in [4.78, 5) is 12.5. The maximum Gasteiger partial charge on any atom is 0.234 e. The zero-order valence-electron chi connectivity index (χ0n) is 17.8. The molecule has 0 spiro atoms. The van der Waals surface area contributed by atoms with Crippen molar-refractivity contribution in [3.05, 3.63) is 48.5 Å². The van der Waals surface area contributed by atoms with Crippen molar-refractivity contribution >= 4 is 29.0 Å². The first kappa shape index (κ1) is 20.9. The average molecular weight is 465 g/mol. The van der Waals surface area contributed by atoms with Crippen LogP contribution in [0.3, 0.4) is 0 Å². The molecule has 11 heteroatoms. The van der Waals surface area contributed by atoms with Crippen LogP contribution in [0.2, 0.25) is 0 Å². The average Bonchev–Trinajstić information content (AvgIpc) is 3.48. The van der Waals surface area contributed by atoms with Gasteiger partial charge in [-0.3, -0.25) is 4.79 Å².